The molecule has 2 unspecified atom stereocenters. The van der Waals surface area contributed by atoms with Gasteiger partial charge in [0.25, 0.3) is 5.56 Å². The zero-order chi connectivity index (χ0) is 16.0. The molecule has 0 radical (unpaired) electrons. The van der Waals surface area contributed by atoms with Crippen LogP contribution in [0, 0.1) is 6.92 Å². The Morgan fingerprint density at radius 3 is 2.71 bits per heavy atom. The van der Waals surface area contributed by atoms with Gasteiger partial charge in [0, 0.05) is 24.8 Å². The first-order valence-corrected chi connectivity index (χ1v) is 8.28. The minimum Gasteiger partial charge on any atom is -0.353 e. The van der Waals surface area contributed by atoms with Gasteiger partial charge in [-0.25, -0.2) is 4.98 Å². The lowest BCUT2D eigenvalue weighted by Gasteiger charge is -2.19. The third-order valence-electron chi connectivity index (χ3n) is 3.31. The highest BCUT2D eigenvalue weighted by molar-refractivity contribution is 8.00. The highest BCUT2D eigenvalue weighted by Gasteiger charge is 2.22. The van der Waals surface area contributed by atoms with Crippen molar-refractivity contribution in [3.05, 3.63) is 22.1 Å². The molecule has 0 aliphatic heterocycles. The number of aryl methyl sites for hydroxylation is 1. The summed E-state index contributed by atoms with van der Waals surface area (Å²) in [5.74, 6) is 0.0203. The second kappa shape index (κ2) is 8.22. The Kier molecular flexibility index (Phi) is 6.95. The van der Waals surface area contributed by atoms with Crippen LogP contribution in [0.5, 0.6) is 0 Å². The highest BCUT2D eigenvalue weighted by Crippen LogP contribution is 2.24. The molecule has 1 aromatic heterocycles. The van der Waals surface area contributed by atoms with Crippen LogP contribution < -0.4 is 10.9 Å². The maximum atomic E-state index is 12.3. The van der Waals surface area contributed by atoms with E-state index in [0.717, 1.165) is 19.3 Å². The summed E-state index contributed by atoms with van der Waals surface area (Å²) in [6, 6.07) is 1.66. The van der Waals surface area contributed by atoms with Crippen molar-refractivity contribution in [3.8, 4) is 0 Å². The molecule has 0 aliphatic carbocycles. The molecule has 1 amide bonds. The van der Waals surface area contributed by atoms with Crippen LogP contribution >= 0.6 is 11.8 Å². The minimum absolute atomic E-state index is 0.0203. The summed E-state index contributed by atoms with van der Waals surface area (Å²) in [7, 11) is 1.69. The Labute approximate surface area is 130 Å². The maximum Gasteiger partial charge on any atom is 0.254 e. The summed E-state index contributed by atoms with van der Waals surface area (Å²) in [6.45, 7) is 7.87. The summed E-state index contributed by atoms with van der Waals surface area (Å²) in [5.41, 5.74) is 0.584. The number of rotatable bonds is 7. The summed E-state index contributed by atoms with van der Waals surface area (Å²) in [6.07, 6.45) is 2.57. The normalized spacial score (nSPS) is 13.8. The van der Waals surface area contributed by atoms with Crippen molar-refractivity contribution in [1.82, 2.24) is 14.9 Å². The van der Waals surface area contributed by atoms with E-state index in [2.05, 4.69) is 10.3 Å². The smallest absolute Gasteiger partial charge is 0.254 e. The second-order valence-electron chi connectivity index (χ2n) is 5.29. The lowest BCUT2D eigenvalue weighted by molar-refractivity contribution is -0.121. The Bertz CT molecular complexity index is 542. The molecule has 0 bridgehead atoms. The largest absolute Gasteiger partial charge is 0.353 e. The van der Waals surface area contributed by atoms with E-state index in [9.17, 15) is 9.59 Å². The van der Waals surface area contributed by atoms with E-state index in [1.165, 1.54) is 22.4 Å². The van der Waals surface area contributed by atoms with Gasteiger partial charge in [0.2, 0.25) is 5.91 Å². The van der Waals surface area contributed by atoms with Crippen LogP contribution in [0.4, 0.5) is 0 Å². The van der Waals surface area contributed by atoms with Crippen molar-refractivity contribution in [2.45, 2.75) is 63.4 Å². The fraction of sp³-hybridized carbons (Fsp3) is 0.667. The monoisotopic (exact) mass is 311 g/mol. The van der Waals surface area contributed by atoms with E-state index >= 15 is 0 Å². The Balaban J connectivity index is 2.93. The van der Waals surface area contributed by atoms with Gasteiger partial charge < -0.3 is 5.32 Å². The number of hydrogen-bond donors (Lipinski definition) is 1. The van der Waals surface area contributed by atoms with Crippen LogP contribution in [0.1, 0.15) is 45.7 Å². The predicted octanol–water partition coefficient (Wildman–Crippen LogP) is 2.26. The fourth-order valence-corrected chi connectivity index (χ4v) is 3.03. The van der Waals surface area contributed by atoms with Crippen molar-refractivity contribution in [1.29, 1.82) is 0 Å². The van der Waals surface area contributed by atoms with E-state index in [1.54, 1.807) is 14.0 Å². The van der Waals surface area contributed by atoms with Crippen molar-refractivity contribution in [2.75, 3.05) is 0 Å². The summed E-state index contributed by atoms with van der Waals surface area (Å²) in [4.78, 5) is 28.5. The third kappa shape index (κ3) is 5.19. The number of aromatic nitrogens is 2. The first kappa shape index (κ1) is 17.8. The highest BCUT2D eigenvalue weighted by atomic mass is 32.2. The zero-order valence-electron chi connectivity index (χ0n) is 13.5. The van der Waals surface area contributed by atoms with Gasteiger partial charge in [0.1, 0.15) is 0 Å². The van der Waals surface area contributed by atoms with E-state index in [0.29, 0.717) is 10.9 Å². The summed E-state index contributed by atoms with van der Waals surface area (Å²) in [5, 5.41) is 3.38. The molecule has 21 heavy (non-hydrogen) atoms. The number of carbonyl (C=O) groups excluding carboxylic acids is 1. The molecule has 5 nitrogen and oxygen atoms in total. The third-order valence-corrected chi connectivity index (χ3v) is 4.62. The molecule has 0 aliphatic rings. The number of nitrogens with zero attached hydrogens (tertiary/aromatic N) is 2. The zero-order valence-corrected chi connectivity index (χ0v) is 14.3. The molecule has 6 heteroatoms. The number of nitrogens with one attached hydrogen (secondary N) is 1. The van der Waals surface area contributed by atoms with Crippen molar-refractivity contribution >= 4 is 17.7 Å². The van der Waals surface area contributed by atoms with Gasteiger partial charge in [-0.1, -0.05) is 32.0 Å². The van der Waals surface area contributed by atoms with Crippen LogP contribution in [0.25, 0.3) is 0 Å². The number of amides is 1. The standard InChI is InChI=1S/C15H25N3O2S/c1-6-8-12(14(20)16-10(3)7-2)21-15-17-11(4)9-13(19)18(15)5/h9-10,12H,6-8H2,1-5H3,(H,16,20). The number of hydrogen-bond acceptors (Lipinski definition) is 4. The van der Waals surface area contributed by atoms with Gasteiger partial charge >= 0.3 is 0 Å². The fourth-order valence-electron chi connectivity index (χ4n) is 1.80. The van der Waals surface area contributed by atoms with Gasteiger partial charge in [-0.3, -0.25) is 14.2 Å². The van der Waals surface area contributed by atoms with E-state index in [-0.39, 0.29) is 22.8 Å². The van der Waals surface area contributed by atoms with Crippen molar-refractivity contribution in [2.24, 2.45) is 7.05 Å². The lowest BCUT2D eigenvalue weighted by Crippen LogP contribution is -2.38. The van der Waals surface area contributed by atoms with Gasteiger partial charge in [0.05, 0.1) is 5.25 Å². The Hall–Kier alpha value is -1.30. The molecular weight excluding hydrogens is 286 g/mol. The number of carbonyl (C=O) groups is 1. The van der Waals surface area contributed by atoms with E-state index in [4.69, 9.17) is 0 Å². The van der Waals surface area contributed by atoms with E-state index < -0.39 is 0 Å². The molecule has 0 fully saturated rings. The Morgan fingerprint density at radius 1 is 1.48 bits per heavy atom. The molecular formula is C15H25N3O2S. The van der Waals surface area contributed by atoms with Crippen molar-refractivity contribution in [3.63, 3.8) is 0 Å². The van der Waals surface area contributed by atoms with E-state index in [1.807, 2.05) is 20.8 Å². The van der Waals surface area contributed by atoms with Crippen molar-refractivity contribution < 1.29 is 4.79 Å². The van der Waals surface area contributed by atoms with Gasteiger partial charge in [-0.05, 0) is 26.7 Å². The molecule has 1 N–H and O–H groups in total. The minimum atomic E-state index is -0.219. The molecule has 1 aromatic rings. The van der Waals surface area contributed by atoms with Crippen LogP contribution in [-0.2, 0) is 11.8 Å². The molecule has 0 aromatic carbocycles. The van der Waals surface area contributed by atoms with Crippen LogP contribution in [0.2, 0.25) is 0 Å². The lowest BCUT2D eigenvalue weighted by atomic mass is 10.2. The molecule has 0 saturated heterocycles. The summed E-state index contributed by atoms with van der Waals surface area (Å²) >= 11 is 1.37. The van der Waals surface area contributed by atoms with Gasteiger partial charge in [0.15, 0.2) is 5.16 Å². The molecule has 118 valence electrons. The van der Waals surface area contributed by atoms with Crippen LogP contribution in [0.3, 0.4) is 0 Å². The average molecular weight is 311 g/mol. The molecule has 0 saturated carbocycles. The molecule has 0 spiro atoms. The second-order valence-corrected chi connectivity index (χ2v) is 6.46. The van der Waals surface area contributed by atoms with Crippen LogP contribution in [0.15, 0.2) is 16.0 Å². The topological polar surface area (TPSA) is 64.0 Å². The summed E-state index contributed by atoms with van der Waals surface area (Å²) < 4.78 is 1.50. The molecule has 1 rings (SSSR count). The SMILES string of the molecule is CCCC(Sc1nc(C)cc(=O)n1C)C(=O)NC(C)CC. The maximum absolute atomic E-state index is 12.3. The Morgan fingerprint density at radius 2 is 2.14 bits per heavy atom. The molecule has 2 atom stereocenters. The van der Waals surface area contributed by atoms with Gasteiger partial charge in [-0.15, -0.1) is 0 Å². The quantitative estimate of drug-likeness (QED) is 0.620. The first-order valence-electron chi connectivity index (χ1n) is 7.40. The average Bonchev–Trinajstić information content (AvgIpc) is 2.43. The predicted molar refractivity (Wildman–Crippen MR) is 86.7 cm³/mol. The molecule has 1 heterocycles. The first-order chi connectivity index (χ1) is 9.88. The number of thioether (sulfide) groups is 1. The van der Waals surface area contributed by atoms with Gasteiger partial charge in [-0.2, -0.15) is 0 Å². The van der Waals surface area contributed by atoms with Crippen LogP contribution in [-0.4, -0.2) is 26.8 Å².